The molecule has 12 nitrogen and oxygen atoms in total. The van der Waals surface area contributed by atoms with E-state index in [-0.39, 0.29) is 43.2 Å². The summed E-state index contributed by atoms with van der Waals surface area (Å²) < 4.78 is 7.86. The molecule has 3 heterocycles. The maximum Gasteiger partial charge on any atom is 0.407 e. The lowest BCUT2D eigenvalue weighted by Gasteiger charge is -2.37. The lowest BCUT2D eigenvalue weighted by atomic mass is 9.77. The number of hydrogen-bond donors (Lipinski definition) is 3. The second-order valence-electron chi connectivity index (χ2n) is 19.8. The van der Waals surface area contributed by atoms with Crippen LogP contribution in [0.1, 0.15) is 106 Å². The van der Waals surface area contributed by atoms with E-state index in [1.165, 1.54) is 11.3 Å². The molecule has 5 aromatic carbocycles. The Morgan fingerprint density at radius 1 is 0.740 bits per heavy atom. The molecule has 0 saturated heterocycles. The molecule has 3 aromatic heterocycles. The number of ether oxygens (including phenoxy) is 1. The molecule has 2 aliphatic carbocycles. The van der Waals surface area contributed by atoms with Crippen LogP contribution in [0.5, 0.6) is 0 Å². The van der Waals surface area contributed by atoms with Gasteiger partial charge in [-0.3, -0.25) is 9.78 Å². The van der Waals surface area contributed by atoms with Crippen LogP contribution in [0, 0.1) is 0 Å². The van der Waals surface area contributed by atoms with Crippen molar-refractivity contribution in [3.8, 4) is 0 Å². The van der Waals surface area contributed by atoms with Crippen molar-refractivity contribution in [2.75, 3.05) is 7.05 Å². The summed E-state index contributed by atoms with van der Waals surface area (Å²) in [7, 11) is 1.72. The molecular formula is C59H60N8O4S2. The number of nitrogens with one attached hydrogen (secondary N) is 3. The Balaban J connectivity index is 0.968. The fourth-order valence-corrected chi connectivity index (χ4v) is 11.9. The van der Waals surface area contributed by atoms with Gasteiger partial charge in [0.25, 0.3) is 0 Å². The average molecular weight is 1010 g/mol. The van der Waals surface area contributed by atoms with E-state index in [1.807, 2.05) is 109 Å². The van der Waals surface area contributed by atoms with Crippen LogP contribution in [0.2, 0.25) is 0 Å². The summed E-state index contributed by atoms with van der Waals surface area (Å²) in [5.41, 5.74) is 6.42. The first-order valence-electron chi connectivity index (χ1n) is 25.0. The number of aromatic nitrogens is 4. The number of rotatable bonds is 20. The molecular weight excluding hydrogens is 949 g/mol. The standard InChI is InChI=1S/C59H60N8O4S2/c1-41(2)54-62-48(38-72-54)35-66(3)55(69)63-52(31-47-36-67(39-61-47)59(44-23-13-6-14-24-44,45-25-15-7-16-26-45)46-27-17-8-18-28-46)53(68)64-57(32-50(57)42-19-9-4-10-20-42)29-30-58(33-51(58)43-21-11-5-12-22-43)65-56(70)71-37-49-34-60-40-73-49/h4-28,34,36,38-41,50-52H,29-33,35,37H2,1-3H3,(H,63,69)(H,64,68)(H,65,70)/t50-,51-,52-,57?,58?/m0/s1. The average Bonchev–Trinajstić information content (AvgIpc) is 3.90. The van der Waals surface area contributed by atoms with Crippen LogP contribution in [0.4, 0.5) is 9.59 Å². The zero-order chi connectivity index (χ0) is 50.4. The van der Waals surface area contributed by atoms with Gasteiger partial charge in [-0.15, -0.1) is 22.7 Å². The molecule has 4 amide bonds. The van der Waals surface area contributed by atoms with Gasteiger partial charge in [-0.05, 0) is 53.5 Å². The van der Waals surface area contributed by atoms with Gasteiger partial charge in [0.15, 0.2) is 0 Å². The Bertz CT molecular complexity index is 3000. The van der Waals surface area contributed by atoms with Gasteiger partial charge in [-0.25, -0.2) is 19.6 Å². The van der Waals surface area contributed by atoms with Gasteiger partial charge in [0.1, 0.15) is 18.2 Å². The van der Waals surface area contributed by atoms with E-state index in [4.69, 9.17) is 14.7 Å². The summed E-state index contributed by atoms with van der Waals surface area (Å²) in [6.45, 7) is 4.61. The monoisotopic (exact) mass is 1010 g/mol. The zero-order valence-electron chi connectivity index (χ0n) is 41.3. The summed E-state index contributed by atoms with van der Waals surface area (Å²) >= 11 is 3.02. The van der Waals surface area contributed by atoms with Crippen molar-refractivity contribution in [1.29, 1.82) is 0 Å². The highest BCUT2D eigenvalue weighted by molar-refractivity contribution is 7.09. The van der Waals surface area contributed by atoms with Crippen molar-refractivity contribution in [3.63, 3.8) is 0 Å². The molecule has 73 heavy (non-hydrogen) atoms. The minimum absolute atomic E-state index is 0.00295. The highest BCUT2D eigenvalue weighted by atomic mass is 32.1. The van der Waals surface area contributed by atoms with Crippen LogP contribution in [0.25, 0.3) is 0 Å². The topological polar surface area (TPSA) is 143 Å². The molecule has 2 fully saturated rings. The summed E-state index contributed by atoms with van der Waals surface area (Å²) in [6.07, 6.45) is 7.75. The predicted molar refractivity (Wildman–Crippen MR) is 286 cm³/mol. The second-order valence-corrected chi connectivity index (χ2v) is 21.6. The number of benzene rings is 5. The van der Waals surface area contributed by atoms with E-state index in [0.717, 1.165) is 49.8 Å². The van der Waals surface area contributed by atoms with E-state index >= 15 is 4.79 Å². The largest absolute Gasteiger partial charge is 0.444 e. The Labute approximate surface area is 434 Å². The fraction of sp³-hybridized carbons (Fsp3) is 0.288. The third-order valence-electron chi connectivity index (χ3n) is 14.6. The van der Waals surface area contributed by atoms with Crippen molar-refractivity contribution >= 4 is 40.7 Å². The molecule has 14 heteroatoms. The summed E-state index contributed by atoms with van der Waals surface area (Å²) in [4.78, 5) is 59.7. The third-order valence-corrected chi connectivity index (χ3v) is 16.5. The van der Waals surface area contributed by atoms with Gasteiger partial charge in [0.2, 0.25) is 5.91 Å². The van der Waals surface area contributed by atoms with Crippen LogP contribution >= 0.6 is 22.7 Å². The summed E-state index contributed by atoms with van der Waals surface area (Å²) in [5.74, 6) is 0.0195. The molecule has 10 rings (SSSR count). The van der Waals surface area contributed by atoms with Crippen LogP contribution in [0.15, 0.2) is 181 Å². The Hall–Kier alpha value is -7.42. The van der Waals surface area contributed by atoms with Crippen molar-refractivity contribution in [2.45, 2.75) is 99.5 Å². The van der Waals surface area contributed by atoms with Crippen molar-refractivity contribution < 1.29 is 19.1 Å². The molecule has 2 aliphatic rings. The molecule has 0 radical (unpaired) electrons. The minimum atomic E-state index is -1.01. The number of imidazole rings is 1. The molecule has 0 bridgehead atoms. The van der Waals surface area contributed by atoms with E-state index in [9.17, 15) is 9.59 Å². The van der Waals surface area contributed by atoms with Crippen LogP contribution in [-0.2, 0) is 34.6 Å². The summed E-state index contributed by atoms with van der Waals surface area (Å²) in [6, 6.07) is 50.2. The molecule has 2 saturated carbocycles. The lowest BCUT2D eigenvalue weighted by Crippen LogP contribution is -2.54. The quantitative estimate of drug-likeness (QED) is 0.0645. The first-order chi connectivity index (χ1) is 35.5. The predicted octanol–water partition coefficient (Wildman–Crippen LogP) is 11.2. The van der Waals surface area contributed by atoms with Crippen LogP contribution in [-0.4, -0.2) is 66.6 Å². The number of carbonyl (C=O) groups is 3. The third kappa shape index (κ3) is 10.7. The van der Waals surface area contributed by atoms with Crippen molar-refractivity contribution in [2.24, 2.45) is 0 Å². The van der Waals surface area contributed by atoms with Crippen molar-refractivity contribution in [3.05, 3.63) is 230 Å². The maximum atomic E-state index is 15.4. The SMILES string of the molecule is CC(C)c1nc(CN(C)C(=O)N[C@@H](Cc2cn(C(c3ccccc3)(c3ccccc3)c3ccccc3)cn2)C(=O)NC2(CCC3(NC(=O)OCc4cncs4)C[C@H]3c3ccccc3)C[C@H]2c2ccccc2)cs1. The Morgan fingerprint density at radius 2 is 1.27 bits per heavy atom. The number of thiazole rings is 2. The Kier molecular flexibility index (Phi) is 14.4. The molecule has 8 aromatic rings. The smallest absolute Gasteiger partial charge is 0.407 e. The first-order valence-corrected chi connectivity index (χ1v) is 26.7. The van der Waals surface area contributed by atoms with Crippen LogP contribution in [0.3, 0.4) is 0 Å². The lowest BCUT2D eigenvalue weighted by molar-refractivity contribution is -0.124. The van der Waals surface area contributed by atoms with Gasteiger partial charge in [-0.1, -0.05) is 166 Å². The van der Waals surface area contributed by atoms with Gasteiger partial charge in [0, 0.05) is 54.5 Å². The summed E-state index contributed by atoms with van der Waals surface area (Å²) in [5, 5.41) is 13.0. The number of nitrogens with zero attached hydrogens (tertiary/aromatic N) is 5. The molecule has 2 unspecified atom stereocenters. The number of carbonyl (C=O) groups excluding carboxylic acids is 3. The van der Waals surface area contributed by atoms with Gasteiger partial charge in [0.05, 0.1) is 45.2 Å². The Morgan fingerprint density at radius 3 is 1.78 bits per heavy atom. The van der Waals surface area contributed by atoms with E-state index < -0.39 is 34.8 Å². The van der Waals surface area contributed by atoms with Crippen LogP contribution < -0.4 is 16.0 Å². The maximum absolute atomic E-state index is 15.4. The molecule has 0 aliphatic heterocycles. The minimum Gasteiger partial charge on any atom is -0.444 e. The highest BCUT2D eigenvalue weighted by Crippen LogP contribution is 2.60. The molecule has 372 valence electrons. The molecule has 5 atom stereocenters. The molecule has 0 spiro atoms. The normalized spacial score (nSPS) is 19.4. The number of urea groups is 1. The number of amides is 4. The van der Waals surface area contributed by atoms with Gasteiger partial charge >= 0.3 is 12.1 Å². The number of alkyl carbamates (subject to hydrolysis) is 1. The first kappa shape index (κ1) is 49.2. The zero-order valence-corrected chi connectivity index (χ0v) is 42.9. The van der Waals surface area contributed by atoms with Gasteiger partial charge in [-0.2, -0.15) is 0 Å². The van der Waals surface area contributed by atoms with Crippen molar-refractivity contribution in [1.82, 2.24) is 40.4 Å². The fourth-order valence-electron chi connectivity index (χ4n) is 10.6. The highest BCUT2D eigenvalue weighted by Gasteiger charge is 2.61. The van der Waals surface area contributed by atoms with E-state index in [2.05, 4.69) is 100 Å². The second kappa shape index (κ2) is 21.3. The van der Waals surface area contributed by atoms with Gasteiger partial charge < -0.3 is 30.2 Å². The number of hydrogen-bond acceptors (Lipinski definition) is 9. The van der Waals surface area contributed by atoms with E-state index in [1.54, 1.807) is 35.0 Å². The van der Waals surface area contributed by atoms with E-state index in [0.29, 0.717) is 25.0 Å². The molecule has 3 N–H and O–H groups in total.